The maximum Gasteiger partial charge on any atom is 0.269 e. The lowest BCUT2D eigenvalue weighted by Crippen LogP contribution is -2.28. The van der Waals surface area contributed by atoms with E-state index in [1.54, 1.807) is 30.3 Å². The first-order chi connectivity index (χ1) is 15.9. The minimum Gasteiger partial charge on any atom is -0.493 e. The number of nitrogens with zero attached hydrogens (tertiary/aromatic N) is 2. The lowest BCUT2D eigenvalue weighted by atomic mass is 10.0. The van der Waals surface area contributed by atoms with Crippen LogP contribution in [0.15, 0.2) is 47.1 Å². The molecule has 4 rings (SSSR count). The molecule has 0 saturated carbocycles. The topological polar surface area (TPSA) is 111 Å². The van der Waals surface area contributed by atoms with Gasteiger partial charge < -0.3 is 14.9 Å². The van der Waals surface area contributed by atoms with Gasteiger partial charge in [0.05, 0.1) is 28.4 Å². The molecule has 170 valence electrons. The number of methoxy groups -OCH3 is 1. The largest absolute Gasteiger partial charge is 0.493 e. The first-order valence-corrected chi connectivity index (χ1v) is 11.3. The normalized spacial score (nSPS) is 11.2. The monoisotopic (exact) mass is 504 g/mol. The van der Waals surface area contributed by atoms with Crippen molar-refractivity contribution in [3.05, 3.63) is 63.9 Å². The molecule has 8 nitrogen and oxygen atoms in total. The maximum absolute atomic E-state index is 13.6. The number of nitrogens with two attached hydrogens (primary N) is 1. The van der Waals surface area contributed by atoms with Crippen molar-refractivity contribution in [2.24, 2.45) is 5.73 Å². The highest BCUT2D eigenvalue weighted by Crippen LogP contribution is 2.39. The zero-order chi connectivity index (χ0) is 23.7. The van der Waals surface area contributed by atoms with Gasteiger partial charge in [0.25, 0.3) is 5.91 Å². The van der Waals surface area contributed by atoms with Gasteiger partial charge in [0.1, 0.15) is 5.58 Å². The van der Waals surface area contributed by atoms with Crippen LogP contribution < -0.4 is 19.5 Å². The molecule has 0 atom stereocenters. The van der Waals surface area contributed by atoms with E-state index >= 15 is 0 Å². The zero-order valence-electron chi connectivity index (χ0n) is 17.5. The molecule has 0 saturated heterocycles. The summed E-state index contributed by atoms with van der Waals surface area (Å²) in [5.41, 5.74) is 7.31. The summed E-state index contributed by atoms with van der Waals surface area (Å²) in [7, 11) is 1.50. The van der Waals surface area contributed by atoms with Crippen molar-refractivity contribution in [1.82, 2.24) is 9.71 Å². The fraction of sp³-hybridized carbons (Fsp3) is 0.136. The number of nitrogens with one attached hydrogen (secondary N) is 1. The van der Waals surface area contributed by atoms with Gasteiger partial charge in [0, 0.05) is 47.4 Å². The Bertz CT molecular complexity index is 1370. The van der Waals surface area contributed by atoms with E-state index in [0.29, 0.717) is 45.5 Å². The molecule has 2 heterocycles. The fourth-order valence-electron chi connectivity index (χ4n) is 3.39. The molecule has 0 aliphatic rings. The standard InChI is InChI=1S/C22H18Cl2N4O4S/c1-3-27-33-28(19-14(23)9-26-10-15(19)24)22(30)11-4-6-16-13(8-11)18-12(21(25)29)5-7-17(31-2)20(18)32-16/h4-10,27H,3H2,1-2H3,(H2,25,29). The predicted octanol–water partition coefficient (Wildman–Crippen LogP) is 5.21. The summed E-state index contributed by atoms with van der Waals surface area (Å²) < 4.78 is 15.7. The number of amides is 2. The number of carbonyl (C=O) groups excluding carboxylic acids is 2. The van der Waals surface area contributed by atoms with Gasteiger partial charge in [-0.25, -0.2) is 9.03 Å². The molecule has 3 N–H and O–H groups in total. The fourth-order valence-corrected chi connectivity index (χ4v) is 4.76. The number of aromatic nitrogens is 1. The summed E-state index contributed by atoms with van der Waals surface area (Å²) in [6.45, 7) is 2.48. The van der Waals surface area contributed by atoms with Gasteiger partial charge in [0.15, 0.2) is 11.3 Å². The first kappa shape index (κ1) is 23.2. The lowest BCUT2D eigenvalue weighted by Gasteiger charge is -2.23. The number of carbonyl (C=O) groups is 2. The Labute approximate surface area is 203 Å². The van der Waals surface area contributed by atoms with Gasteiger partial charge >= 0.3 is 0 Å². The van der Waals surface area contributed by atoms with Crippen molar-refractivity contribution in [3.63, 3.8) is 0 Å². The lowest BCUT2D eigenvalue weighted by molar-refractivity contribution is 0.0996. The van der Waals surface area contributed by atoms with Gasteiger partial charge in [-0.05, 0) is 30.3 Å². The number of benzene rings is 2. The molecule has 0 spiro atoms. The van der Waals surface area contributed by atoms with Gasteiger partial charge in [-0.1, -0.05) is 30.1 Å². The van der Waals surface area contributed by atoms with Crippen LogP contribution in [0.4, 0.5) is 5.69 Å². The van der Waals surface area contributed by atoms with Gasteiger partial charge in [-0.3, -0.25) is 14.6 Å². The number of ether oxygens (including phenoxy) is 1. The third-order valence-corrected chi connectivity index (χ3v) is 6.33. The zero-order valence-corrected chi connectivity index (χ0v) is 19.8. The number of rotatable bonds is 7. The molecule has 0 aliphatic heterocycles. The van der Waals surface area contributed by atoms with E-state index in [1.807, 2.05) is 6.92 Å². The van der Waals surface area contributed by atoms with E-state index < -0.39 is 11.8 Å². The number of hydrogen-bond donors (Lipinski definition) is 2. The molecule has 0 aliphatic carbocycles. The number of primary amides is 1. The average Bonchev–Trinajstić information content (AvgIpc) is 3.18. The Morgan fingerprint density at radius 3 is 2.58 bits per heavy atom. The van der Waals surface area contributed by atoms with Crippen molar-refractivity contribution >= 4 is 74.8 Å². The van der Waals surface area contributed by atoms with Crippen LogP contribution in [0.5, 0.6) is 5.75 Å². The number of hydrogen-bond acceptors (Lipinski definition) is 7. The van der Waals surface area contributed by atoms with Crippen LogP contribution in [0.25, 0.3) is 21.9 Å². The SMILES string of the molecule is CCNSN(C(=O)c1ccc2oc3c(OC)ccc(C(N)=O)c3c2c1)c1c(Cl)cncc1Cl. The number of fused-ring (bicyclic) bond motifs is 3. The van der Waals surface area contributed by atoms with Crippen LogP contribution in [0.3, 0.4) is 0 Å². The van der Waals surface area contributed by atoms with Gasteiger partial charge in [-0.15, -0.1) is 0 Å². The molecule has 2 amide bonds. The van der Waals surface area contributed by atoms with E-state index in [9.17, 15) is 9.59 Å². The second-order valence-electron chi connectivity index (χ2n) is 6.84. The van der Waals surface area contributed by atoms with Crippen molar-refractivity contribution < 1.29 is 18.7 Å². The van der Waals surface area contributed by atoms with Crippen LogP contribution >= 0.6 is 35.3 Å². The van der Waals surface area contributed by atoms with E-state index in [1.165, 1.54) is 23.8 Å². The quantitative estimate of drug-likeness (QED) is 0.332. The number of halogens is 2. The summed E-state index contributed by atoms with van der Waals surface area (Å²) in [4.78, 5) is 29.6. The average molecular weight is 505 g/mol. The molecule has 33 heavy (non-hydrogen) atoms. The van der Waals surface area contributed by atoms with Crippen molar-refractivity contribution in [2.75, 3.05) is 18.0 Å². The van der Waals surface area contributed by atoms with Crippen LogP contribution in [0, 0.1) is 0 Å². The van der Waals surface area contributed by atoms with Crippen molar-refractivity contribution in [1.29, 1.82) is 0 Å². The van der Waals surface area contributed by atoms with E-state index in [4.69, 9.17) is 38.1 Å². The highest BCUT2D eigenvalue weighted by Gasteiger charge is 2.26. The smallest absolute Gasteiger partial charge is 0.269 e. The van der Waals surface area contributed by atoms with Crippen molar-refractivity contribution in [3.8, 4) is 5.75 Å². The minimum atomic E-state index is -0.623. The minimum absolute atomic E-state index is 0.219. The second-order valence-corrected chi connectivity index (χ2v) is 8.49. The van der Waals surface area contributed by atoms with E-state index in [-0.39, 0.29) is 15.6 Å². The highest BCUT2D eigenvalue weighted by atomic mass is 35.5. The molecule has 0 bridgehead atoms. The number of furan rings is 1. The first-order valence-electron chi connectivity index (χ1n) is 9.73. The molecule has 11 heteroatoms. The Hall–Kier alpha value is -2.98. The van der Waals surface area contributed by atoms with Gasteiger partial charge in [0.2, 0.25) is 5.91 Å². The summed E-state index contributed by atoms with van der Waals surface area (Å²) >= 11 is 13.7. The van der Waals surface area contributed by atoms with Gasteiger partial charge in [-0.2, -0.15) is 0 Å². The molecule has 4 aromatic rings. The Balaban J connectivity index is 1.90. The van der Waals surface area contributed by atoms with Crippen LogP contribution in [-0.4, -0.2) is 30.5 Å². The van der Waals surface area contributed by atoms with E-state index in [2.05, 4.69) is 9.71 Å². The maximum atomic E-state index is 13.6. The second kappa shape index (κ2) is 9.48. The van der Waals surface area contributed by atoms with Crippen molar-refractivity contribution in [2.45, 2.75) is 6.92 Å². The highest BCUT2D eigenvalue weighted by molar-refractivity contribution is 7.99. The third kappa shape index (κ3) is 4.20. The molecule has 2 aromatic heterocycles. The Morgan fingerprint density at radius 2 is 1.94 bits per heavy atom. The van der Waals surface area contributed by atoms with Crippen LogP contribution in [0.2, 0.25) is 10.0 Å². The third-order valence-electron chi connectivity index (χ3n) is 4.83. The van der Waals surface area contributed by atoms with Crippen LogP contribution in [-0.2, 0) is 0 Å². The molecule has 0 unspecified atom stereocenters. The molecular formula is C22H18Cl2N4O4S. The van der Waals surface area contributed by atoms with E-state index in [0.717, 1.165) is 12.1 Å². The summed E-state index contributed by atoms with van der Waals surface area (Å²) in [6.07, 6.45) is 2.82. The number of pyridine rings is 1. The summed E-state index contributed by atoms with van der Waals surface area (Å²) in [5, 5.41) is 1.45. The molecule has 0 fully saturated rings. The summed E-state index contributed by atoms with van der Waals surface area (Å²) in [5.74, 6) is -0.573. The molecule has 0 radical (unpaired) electrons. The molecule has 2 aromatic carbocycles. The Morgan fingerprint density at radius 1 is 1.21 bits per heavy atom. The van der Waals surface area contributed by atoms with Crippen LogP contribution in [0.1, 0.15) is 27.6 Å². The molecular weight excluding hydrogens is 487 g/mol. The summed E-state index contributed by atoms with van der Waals surface area (Å²) in [6, 6.07) is 8.08. The predicted molar refractivity (Wildman–Crippen MR) is 131 cm³/mol. The number of anilines is 1. The Kier molecular flexibility index (Phi) is 6.66.